The Bertz CT molecular complexity index is 394. The number of nitrogens with zero attached hydrogens (tertiary/aromatic N) is 1. The highest BCUT2D eigenvalue weighted by Gasteiger charge is 2.38. The van der Waals surface area contributed by atoms with E-state index in [1.54, 1.807) is 0 Å². The Balaban J connectivity index is 2.23. The minimum absolute atomic E-state index is 0.0806. The van der Waals surface area contributed by atoms with Gasteiger partial charge in [-0.15, -0.1) is 0 Å². The SMILES string of the molecule is CC(c1nsc(=O)[nH]1)C1(CN)CCNCC1. The molecule has 0 spiro atoms. The third-order valence-electron chi connectivity index (χ3n) is 3.79. The fourth-order valence-electron chi connectivity index (χ4n) is 2.46. The molecule has 1 aromatic heterocycles. The molecule has 0 radical (unpaired) electrons. The summed E-state index contributed by atoms with van der Waals surface area (Å²) in [6.07, 6.45) is 2.09. The molecule has 2 rings (SSSR count). The van der Waals surface area contributed by atoms with Gasteiger partial charge in [0.05, 0.1) is 0 Å². The van der Waals surface area contributed by atoms with Crippen LogP contribution in [0.3, 0.4) is 0 Å². The van der Waals surface area contributed by atoms with E-state index in [4.69, 9.17) is 5.73 Å². The van der Waals surface area contributed by atoms with Crippen LogP contribution < -0.4 is 15.9 Å². The second-order valence-corrected chi connectivity index (χ2v) is 5.25. The van der Waals surface area contributed by atoms with Crippen molar-refractivity contribution in [3.05, 3.63) is 15.5 Å². The molecule has 4 N–H and O–H groups in total. The van der Waals surface area contributed by atoms with Crippen molar-refractivity contribution < 1.29 is 0 Å². The van der Waals surface area contributed by atoms with Crippen LogP contribution in [0.5, 0.6) is 0 Å². The molecule has 1 fully saturated rings. The minimum atomic E-state index is -0.0806. The molecule has 2 heterocycles. The van der Waals surface area contributed by atoms with Gasteiger partial charge >= 0.3 is 4.87 Å². The van der Waals surface area contributed by atoms with Crippen molar-refractivity contribution >= 4 is 11.5 Å². The van der Waals surface area contributed by atoms with Crippen molar-refractivity contribution in [2.75, 3.05) is 19.6 Å². The maximum absolute atomic E-state index is 11.1. The van der Waals surface area contributed by atoms with E-state index in [1.807, 2.05) is 0 Å². The van der Waals surface area contributed by atoms with Crippen LogP contribution in [0.1, 0.15) is 31.5 Å². The quantitative estimate of drug-likeness (QED) is 0.710. The van der Waals surface area contributed by atoms with Gasteiger partial charge < -0.3 is 11.1 Å². The number of rotatable bonds is 3. The molecule has 0 bridgehead atoms. The summed E-state index contributed by atoms with van der Waals surface area (Å²) in [5.74, 6) is 1.01. The predicted octanol–water partition coefficient (Wildman–Crippen LogP) is 0.263. The molecule has 0 aliphatic carbocycles. The largest absolute Gasteiger partial charge is 0.330 e. The molecule has 90 valence electrons. The Hall–Kier alpha value is -0.720. The first-order valence-electron chi connectivity index (χ1n) is 5.65. The number of nitrogens with one attached hydrogen (secondary N) is 2. The number of hydrogen-bond acceptors (Lipinski definition) is 5. The van der Waals surface area contributed by atoms with Crippen LogP contribution >= 0.6 is 11.5 Å². The van der Waals surface area contributed by atoms with E-state index in [1.165, 1.54) is 0 Å². The summed E-state index contributed by atoms with van der Waals surface area (Å²) in [5, 5.41) is 3.34. The lowest BCUT2D eigenvalue weighted by Crippen LogP contribution is -2.45. The van der Waals surface area contributed by atoms with Gasteiger partial charge in [-0.3, -0.25) is 9.78 Å². The van der Waals surface area contributed by atoms with Crippen molar-refractivity contribution in [1.29, 1.82) is 0 Å². The van der Waals surface area contributed by atoms with Gasteiger partial charge in [-0.05, 0) is 37.9 Å². The lowest BCUT2D eigenvalue weighted by atomic mass is 9.69. The zero-order valence-corrected chi connectivity index (χ0v) is 10.3. The second-order valence-electron chi connectivity index (χ2n) is 4.52. The van der Waals surface area contributed by atoms with Crippen LogP contribution in [-0.4, -0.2) is 29.0 Å². The smallest absolute Gasteiger partial charge is 0.323 e. The summed E-state index contributed by atoms with van der Waals surface area (Å²) in [4.78, 5) is 13.9. The molecular formula is C10H18N4OS. The summed E-state index contributed by atoms with van der Waals surface area (Å²) in [6, 6.07) is 0. The van der Waals surface area contributed by atoms with Crippen LogP contribution in [0.2, 0.25) is 0 Å². The number of H-pyrrole nitrogens is 1. The van der Waals surface area contributed by atoms with E-state index in [0.717, 1.165) is 43.3 Å². The average Bonchev–Trinajstić information content (AvgIpc) is 2.76. The van der Waals surface area contributed by atoms with E-state index in [0.29, 0.717) is 6.54 Å². The van der Waals surface area contributed by atoms with Crippen LogP contribution in [0, 0.1) is 5.41 Å². The molecule has 5 nitrogen and oxygen atoms in total. The third-order valence-corrected chi connectivity index (χ3v) is 4.35. The molecule has 6 heteroatoms. The minimum Gasteiger partial charge on any atom is -0.330 e. The lowest BCUT2D eigenvalue weighted by Gasteiger charge is -2.40. The highest BCUT2D eigenvalue weighted by atomic mass is 32.1. The maximum Gasteiger partial charge on any atom is 0.323 e. The number of aromatic amines is 1. The number of aromatic nitrogens is 2. The van der Waals surface area contributed by atoms with Crippen LogP contribution in [-0.2, 0) is 0 Å². The summed E-state index contributed by atoms with van der Waals surface area (Å²) in [5.41, 5.74) is 6.02. The van der Waals surface area contributed by atoms with Crippen molar-refractivity contribution in [3.63, 3.8) is 0 Å². The molecule has 1 aliphatic rings. The third kappa shape index (κ3) is 2.05. The van der Waals surface area contributed by atoms with Gasteiger partial charge in [-0.25, -0.2) is 0 Å². The fraction of sp³-hybridized carbons (Fsp3) is 0.800. The topological polar surface area (TPSA) is 83.8 Å². The van der Waals surface area contributed by atoms with Gasteiger partial charge in [0.25, 0.3) is 0 Å². The van der Waals surface area contributed by atoms with Crippen LogP contribution in [0.4, 0.5) is 0 Å². The second kappa shape index (κ2) is 4.65. The molecule has 0 aromatic carbocycles. The van der Waals surface area contributed by atoms with Crippen molar-refractivity contribution in [3.8, 4) is 0 Å². The lowest BCUT2D eigenvalue weighted by molar-refractivity contribution is 0.168. The Labute approximate surface area is 98.6 Å². The Morgan fingerprint density at radius 2 is 2.25 bits per heavy atom. The Morgan fingerprint density at radius 3 is 2.75 bits per heavy atom. The Morgan fingerprint density at radius 1 is 1.56 bits per heavy atom. The summed E-state index contributed by atoms with van der Waals surface area (Å²) >= 11 is 0.988. The van der Waals surface area contributed by atoms with Gasteiger partial charge in [0.2, 0.25) is 0 Å². The molecule has 0 amide bonds. The molecule has 1 saturated heterocycles. The predicted molar refractivity (Wildman–Crippen MR) is 64.7 cm³/mol. The number of hydrogen-bond donors (Lipinski definition) is 3. The number of nitrogens with two attached hydrogens (primary N) is 1. The van der Waals surface area contributed by atoms with Gasteiger partial charge in [0, 0.05) is 17.5 Å². The molecule has 16 heavy (non-hydrogen) atoms. The molecule has 1 atom stereocenters. The highest BCUT2D eigenvalue weighted by molar-refractivity contribution is 7.02. The molecule has 1 unspecified atom stereocenters. The summed E-state index contributed by atoms with van der Waals surface area (Å²) in [6.45, 7) is 4.75. The van der Waals surface area contributed by atoms with Crippen LogP contribution in [0.15, 0.2) is 4.79 Å². The Kier molecular flexibility index (Phi) is 3.41. The van der Waals surface area contributed by atoms with E-state index >= 15 is 0 Å². The van der Waals surface area contributed by atoms with Crippen molar-refractivity contribution in [2.24, 2.45) is 11.1 Å². The fourth-order valence-corrected chi connectivity index (χ4v) is 2.99. The molecule has 1 aliphatic heterocycles. The zero-order chi connectivity index (χ0) is 11.6. The summed E-state index contributed by atoms with van der Waals surface area (Å²) < 4.78 is 4.18. The molecule has 0 saturated carbocycles. The first-order chi connectivity index (χ1) is 7.68. The maximum atomic E-state index is 11.1. The van der Waals surface area contributed by atoms with Gasteiger partial charge in [-0.1, -0.05) is 6.92 Å². The molecular weight excluding hydrogens is 224 g/mol. The van der Waals surface area contributed by atoms with Gasteiger partial charge in [0.15, 0.2) is 0 Å². The highest BCUT2D eigenvalue weighted by Crippen LogP contribution is 2.40. The standard InChI is InChI=1S/C10H18N4OS/c1-7(8-13-9(15)16-14-8)10(6-11)2-4-12-5-3-10/h7,12H,2-6,11H2,1H3,(H,13,14,15). The van der Waals surface area contributed by atoms with E-state index in [9.17, 15) is 4.79 Å². The van der Waals surface area contributed by atoms with Crippen molar-refractivity contribution in [1.82, 2.24) is 14.7 Å². The molecule has 1 aromatic rings. The van der Waals surface area contributed by atoms with E-state index in [2.05, 4.69) is 21.6 Å². The normalized spacial score (nSPS) is 21.9. The van der Waals surface area contributed by atoms with Crippen molar-refractivity contribution in [2.45, 2.75) is 25.7 Å². The first kappa shape index (κ1) is 11.8. The monoisotopic (exact) mass is 242 g/mol. The number of piperidine rings is 1. The van der Waals surface area contributed by atoms with Crippen LogP contribution in [0.25, 0.3) is 0 Å². The van der Waals surface area contributed by atoms with Gasteiger partial charge in [0.1, 0.15) is 5.82 Å². The zero-order valence-electron chi connectivity index (χ0n) is 9.45. The first-order valence-corrected chi connectivity index (χ1v) is 6.42. The summed E-state index contributed by atoms with van der Waals surface area (Å²) in [7, 11) is 0. The van der Waals surface area contributed by atoms with E-state index < -0.39 is 0 Å². The van der Waals surface area contributed by atoms with Gasteiger partial charge in [-0.2, -0.15) is 4.37 Å². The van der Waals surface area contributed by atoms with E-state index in [-0.39, 0.29) is 16.2 Å². The average molecular weight is 242 g/mol.